The number of amides is 4. The van der Waals surface area contributed by atoms with Crippen LogP contribution in [0.3, 0.4) is 0 Å². The fourth-order valence-electron chi connectivity index (χ4n) is 4.93. The summed E-state index contributed by atoms with van der Waals surface area (Å²) >= 11 is 0. The Balaban J connectivity index is 1.37. The van der Waals surface area contributed by atoms with E-state index in [4.69, 9.17) is 0 Å². The van der Waals surface area contributed by atoms with Gasteiger partial charge in [-0.05, 0) is 57.3 Å². The van der Waals surface area contributed by atoms with Crippen molar-refractivity contribution in [3.63, 3.8) is 0 Å². The molecule has 2 aromatic carbocycles. The highest BCUT2D eigenvalue weighted by atomic mass is 16.3. The number of urea groups is 1. The standard InChI is InChI=1S/C29H32N8O5/c1-4-25(40)32-24-11-17(27(41)31-19-7-9-35(2)10-8-19)5-6-23(24)33-28-30-15-18-16-37(29(42)36(3)26(18)34-28)20-12-21(38)14-22(39)13-20/h4-6,11-15,19,38-39H,1,7-10,16H2,2-3H3,(H,31,41)(H,32,40)(H,30,33,34). The molecule has 42 heavy (non-hydrogen) atoms. The summed E-state index contributed by atoms with van der Waals surface area (Å²) in [6.07, 6.45) is 4.42. The molecule has 1 aromatic heterocycles. The molecule has 5 N–H and O–H groups in total. The molecule has 1 saturated heterocycles. The Morgan fingerprint density at radius 2 is 1.76 bits per heavy atom. The molecule has 1 fully saturated rings. The molecular weight excluding hydrogens is 540 g/mol. The third-order valence-corrected chi connectivity index (χ3v) is 7.23. The summed E-state index contributed by atoms with van der Waals surface area (Å²) in [5.74, 6) is -0.516. The Bertz CT molecular complexity index is 1530. The minimum Gasteiger partial charge on any atom is -0.508 e. The number of fused-ring (bicyclic) bond motifs is 1. The molecule has 0 aliphatic carbocycles. The van der Waals surface area contributed by atoms with Crippen LogP contribution in [0.15, 0.2) is 55.3 Å². The number of hydrogen-bond acceptors (Lipinski definition) is 9. The number of piperidine rings is 1. The minimum absolute atomic E-state index is 0.0792. The number of likely N-dealkylation sites (tertiary alicyclic amines) is 1. The van der Waals surface area contributed by atoms with Crippen molar-refractivity contribution in [1.29, 1.82) is 0 Å². The molecule has 3 heterocycles. The number of nitrogens with zero attached hydrogens (tertiary/aromatic N) is 5. The quantitative estimate of drug-likeness (QED) is 0.268. The normalized spacial score (nSPS) is 15.6. The van der Waals surface area contributed by atoms with Crippen LogP contribution < -0.4 is 25.8 Å². The van der Waals surface area contributed by atoms with Gasteiger partial charge in [0.25, 0.3) is 5.91 Å². The largest absolute Gasteiger partial charge is 0.508 e. The van der Waals surface area contributed by atoms with Crippen molar-refractivity contribution in [3.8, 4) is 11.5 Å². The van der Waals surface area contributed by atoms with Gasteiger partial charge >= 0.3 is 6.03 Å². The molecular formula is C29H32N8O5. The fraction of sp³-hybridized carbons (Fsp3) is 0.276. The lowest BCUT2D eigenvalue weighted by atomic mass is 10.0. The number of carbonyl (C=O) groups is 3. The Kier molecular flexibility index (Phi) is 7.93. The van der Waals surface area contributed by atoms with E-state index in [-0.39, 0.29) is 35.9 Å². The molecule has 0 unspecified atom stereocenters. The van der Waals surface area contributed by atoms with E-state index < -0.39 is 11.9 Å². The number of anilines is 5. The van der Waals surface area contributed by atoms with Crippen LogP contribution in [-0.2, 0) is 11.3 Å². The maximum Gasteiger partial charge on any atom is 0.330 e. The van der Waals surface area contributed by atoms with Crippen molar-refractivity contribution < 1.29 is 24.6 Å². The smallest absolute Gasteiger partial charge is 0.330 e. The molecule has 3 aromatic rings. The van der Waals surface area contributed by atoms with Crippen LogP contribution in [0.1, 0.15) is 28.8 Å². The maximum absolute atomic E-state index is 13.2. The number of phenolic OH excluding ortho intramolecular Hbond substituents is 2. The molecule has 218 valence electrons. The first-order chi connectivity index (χ1) is 20.1. The van der Waals surface area contributed by atoms with Gasteiger partial charge < -0.3 is 31.1 Å². The van der Waals surface area contributed by atoms with E-state index in [0.717, 1.165) is 32.0 Å². The van der Waals surface area contributed by atoms with Crippen molar-refractivity contribution >= 4 is 46.7 Å². The van der Waals surface area contributed by atoms with Gasteiger partial charge in [-0.2, -0.15) is 4.98 Å². The zero-order chi connectivity index (χ0) is 30.0. The summed E-state index contributed by atoms with van der Waals surface area (Å²) in [6.45, 7) is 5.44. The van der Waals surface area contributed by atoms with Crippen molar-refractivity contribution in [2.45, 2.75) is 25.4 Å². The predicted molar refractivity (Wildman–Crippen MR) is 158 cm³/mol. The van der Waals surface area contributed by atoms with E-state index >= 15 is 0 Å². The number of rotatable bonds is 7. The number of phenols is 2. The first-order valence-corrected chi connectivity index (χ1v) is 13.4. The monoisotopic (exact) mass is 572 g/mol. The van der Waals surface area contributed by atoms with Gasteiger partial charge in [0.2, 0.25) is 11.9 Å². The second kappa shape index (κ2) is 11.7. The average Bonchev–Trinajstić information content (AvgIpc) is 2.96. The molecule has 13 heteroatoms. The van der Waals surface area contributed by atoms with E-state index in [0.29, 0.717) is 34.0 Å². The van der Waals surface area contributed by atoms with Gasteiger partial charge in [-0.1, -0.05) is 6.58 Å². The van der Waals surface area contributed by atoms with Crippen molar-refractivity contribution in [2.75, 3.05) is 47.6 Å². The van der Waals surface area contributed by atoms with E-state index in [1.165, 1.54) is 28.0 Å². The van der Waals surface area contributed by atoms with Crippen molar-refractivity contribution in [3.05, 3.63) is 66.4 Å². The van der Waals surface area contributed by atoms with Crippen LogP contribution in [0.4, 0.5) is 33.6 Å². The topological polar surface area (TPSA) is 163 Å². The van der Waals surface area contributed by atoms with Crippen LogP contribution in [0.25, 0.3) is 0 Å². The molecule has 0 saturated carbocycles. The number of aromatic hydroxyl groups is 2. The third-order valence-electron chi connectivity index (χ3n) is 7.23. The molecule has 0 spiro atoms. The van der Waals surface area contributed by atoms with Gasteiger partial charge in [0.1, 0.15) is 17.3 Å². The van der Waals surface area contributed by atoms with Crippen LogP contribution in [-0.4, -0.2) is 76.2 Å². The fourth-order valence-corrected chi connectivity index (χ4v) is 4.93. The summed E-state index contributed by atoms with van der Waals surface area (Å²) in [5.41, 5.74) is 2.10. The van der Waals surface area contributed by atoms with Crippen LogP contribution >= 0.6 is 0 Å². The molecule has 2 aliphatic rings. The summed E-state index contributed by atoms with van der Waals surface area (Å²) in [4.78, 5) is 52.2. The highest BCUT2D eigenvalue weighted by Gasteiger charge is 2.31. The first-order valence-electron chi connectivity index (χ1n) is 13.4. The molecule has 2 aliphatic heterocycles. The van der Waals surface area contributed by atoms with Gasteiger partial charge in [0, 0.05) is 48.6 Å². The van der Waals surface area contributed by atoms with E-state index in [2.05, 4.69) is 44.4 Å². The molecule has 0 radical (unpaired) electrons. The van der Waals surface area contributed by atoms with Gasteiger partial charge in [0.15, 0.2) is 0 Å². The number of benzene rings is 2. The van der Waals surface area contributed by atoms with E-state index in [1.807, 2.05) is 0 Å². The molecule has 5 rings (SSSR count). The van der Waals surface area contributed by atoms with E-state index in [1.54, 1.807) is 31.4 Å². The molecule has 4 amide bonds. The molecule has 0 bridgehead atoms. The average molecular weight is 573 g/mol. The summed E-state index contributed by atoms with van der Waals surface area (Å²) in [6, 6.07) is 8.46. The predicted octanol–water partition coefficient (Wildman–Crippen LogP) is 3.16. The van der Waals surface area contributed by atoms with Crippen molar-refractivity contribution in [1.82, 2.24) is 20.2 Å². The zero-order valence-electron chi connectivity index (χ0n) is 23.3. The summed E-state index contributed by atoms with van der Waals surface area (Å²) in [5, 5.41) is 28.6. The molecule has 0 atom stereocenters. The molecule has 13 nitrogen and oxygen atoms in total. The minimum atomic E-state index is -0.458. The number of aromatic nitrogens is 2. The lowest BCUT2D eigenvalue weighted by Crippen LogP contribution is -2.45. The highest BCUT2D eigenvalue weighted by Crippen LogP contribution is 2.34. The van der Waals surface area contributed by atoms with Crippen LogP contribution in [0.5, 0.6) is 11.5 Å². The Morgan fingerprint density at radius 1 is 1.05 bits per heavy atom. The lowest BCUT2D eigenvalue weighted by Gasteiger charge is -2.34. The van der Waals surface area contributed by atoms with Gasteiger partial charge in [-0.25, -0.2) is 9.78 Å². The summed E-state index contributed by atoms with van der Waals surface area (Å²) in [7, 11) is 3.61. The zero-order valence-corrected chi connectivity index (χ0v) is 23.3. The maximum atomic E-state index is 13.2. The second-order valence-electron chi connectivity index (χ2n) is 10.3. The van der Waals surface area contributed by atoms with Gasteiger partial charge in [-0.15, -0.1) is 0 Å². The first kappa shape index (κ1) is 28.4. The summed E-state index contributed by atoms with van der Waals surface area (Å²) < 4.78 is 0. The van der Waals surface area contributed by atoms with Crippen molar-refractivity contribution in [2.24, 2.45) is 0 Å². The SMILES string of the molecule is C=CC(=O)Nc1cc(C(=O)NC2CCN(C)CC2)ccc1Nc1ncc2c(n1)N(C)C(=O)N(c1cc(O)cc(O)c1)C2. The Morgan fingerprint density at radius 3 is 2.45 bits per heavy atom. The Hall–Kier alpha value is -5.17. The third kappa shape index (κ3) is 6.10. The van der Waals surface area contributed by atoms with Crippen LogP contribution in [0.2, 0.25) is 0 Å². The Labute approximate surface area is 242 Å². The number of nitrogens with one attached hydrogen (secondary N) is 3. The highest BCUT2D eigenvalue weighted by molar-refractivity contribution is 6.06. The van der Waals surface area contributed by atoms with Crippen LogP contribution in [0, 0.1) is 0 Å². The lowest BCUT2D eigenvalue weighted by molar-refractivity contribution is -0.111. The van der Waals surface area contributed by atoms with Gasteiger partial charge in [0.05, 0.1) is 23.6 Å². The van der Waals surface area contributed by atoms with Gasteiger partial charge in [-0.3, -0.25) is 19.4 Å². The van der Waals surface area contributed by atoms with E-state index in [9.17, 15) is 24.6 Å². The number of carbonyl (C=O) groups excluding carboxylic acids is 3. The second-order valence-corrected chi connectivity index (χ2v) is 10.3. The number of hydrogen-bond donors (Lipinski definition) is 5.